The minimum atomic E-state index is -0.785. The molecule has 0 aliphatic heterocycles. The summed E-state index contributed by atoms with van der Waals surface area (Å²) >= 11 is 0. The van der Waals surface area contributed by atoms with Gasteiger partial charge < -0.3 is 14.2 Å². The second-order valence-corrected chi connectivity index (χ2v) is 22.4. The van der Waals surface area contributed by atoms with Gasteiger partial charge in [0.25, 0.3) is 0 Å². The Morgan fingerprint density at radius 3 is 0.785 bits per heavy atom. The summed E-state index contributed by atoms with van der Waals surface area (Å²) in [6.07, 6.45) is 90.5. The Hall–Kier alpha value is -3.67. The second-order valence-electron chi connectivity index (χ2n) is 22.4. The Kier molecular flexibility index (Phi) is 63.7. The number of rotatable bonds is 61. The smallest absolute Gasteiger partial charge is 0.306 e. The molecular weight excluding hydrogens is 973 g/mol. The molecule has 1 unspecified atom stereocenters. The van der Waals surface area contributed by atoms with E-state index in [-0.39, 0.29) is 31.1 Å². The van der Waals surface area contributed by atoms with Gasteiger partial charge in [0.15, 0.2) is 6.10 Å². The molecule has 0 saturated heterocycles. The van der Waals surface area contributed by atoms with Crippen molar-refractivity contribution in [2.75, 3.05) is 13.2 Å². The van der Waals surface area contributed by atoms with Crippen molar-refractivity contribution in [1.82, 2.24) is 0 Å². The van der Waals surface area contributed by atoms with Gasteiger partial charge in [-0.15, -0.1) is 0 Å². The van der Waals surface area contributed by atoms with Crippen molar-refractivity contribution >= 4 is 17.9 Å². The molecule has 0 bridgehead atoms. The van der Waals surface area contributed by atoms with Crippen LogP contribution in [0.25, 0.3) is 0 Å². The first-order valence-corrected chi connectivity index (χ1v) is 33.7. The van der Waals surface area contributed by atoms with Crippen LogP contribution in [0, 0.1) is 0 Å². The van der Waals surface area contributed by atoms with E-state index in [0.717, 1.165) is 128 Å². The van der Waals surface area contributed by atoms with Gasteiger partial charge in [-0.3, -0.25) is 14.4 Å². The lowest BCUT2D eigenvalue weighted by Gasteiger charge is -2.18. The summed E-state index contributed by atoms with van der Waals surface area (Å²) in [4.78, 5) is 38.0. The van der Waals surface area contributed by atoms with E-state index in [1.165, 1.54) is 161 Å². The highest BCUT2D eigenvalue weighted by molar-refractivity contribution is 5.71. The maximum Gasteiger partial charge on any atom is 0.306 e. The molecule has 0 rings (SSSR count). The highest BCUT2D eigenvalue weighted by Gasteiger charge is 2.19. The molecule has 0 aliphatic rings. The zero-order valence-electron chi connectivity index (χ0n) is 52.1. The lowest BCUT2D eigenvalue weighted by Crippen LogP contribution is -2.30. The monoisotopic (exact) mass is 1100 g/mol. The fourth-order valence-corrected chi connectivity index (χ4v) is 9.54. The SMILES string of the molecule is CC/C=C\C/C=C\C/C=C\C/C=C\C/C=C\C/C=C\C/C=C\CCCCCCCC(=O)OC(COC(=O)CCCCCCC)COC(=O)CCCCCCCCCCCCCCCCCCC/C=C\CCCCCCCCCC. The number of hydrogen-bond donors (Lipinski definition) is 0. The molecule has 0 saturated carbocycles. The highest BCUT2D eigenvalue weighted by atomic mass is 16.6. The van der Waals surface area contributed by atoms with Crippen LogP contribution in [0.2, 0.25) is 0 Å². The third-order valence-electron chi connectivity index (χ3n) is 14.6. The second kappa shape index (κ2) is 66.8. The van der Waals surface area contributed by atoms with Gasteiger partial charge in [-0.05, 0) is 103 Å². The predicted octanol–water partition coefficient (Wildman–Crippen LogP) is 23.2. The summed E-state index contributed by atoms with van der Waals surface area (Å²) in [5.41, 5.74) is 0. The normalized spacial score (nSPS) is 12.7. The molecule has 0 N–H and O–H groups in total. The molecule has 0 aliphatic carbocycles. The van der Waals surface area contributed by atoms with Gasteiger partial charge in [-0.1, -0.05) is 304 Å². The van der Waals surface area contributed by atoms with E-state index in [0.29, 0.717) is 19.3 Å². The van der Waals surface area contributed by atoms with Gasteiger partial charge in [0.05, 0.1) is 0 Å². The molecule has 6 heteroatoms. The van der Waals surface area contributed by atoms with E-state index in [9.17, 15) is 14.4 Å². The summed E-state index contributed by atoms with van der Waals surface area (Å²) < 4.78 is 16.8. The van der Waals surface area contributed by atoms with Crippen LogP contribution in [0.15, 0.2) is 97.2 Å². The van der Waals surface area contributed by atoms with Crippen LogP contribution >= 0.6 is 0 Å². The molecule has 0 radical (unpaired) electrons. The van der Waals surface area contributed by atoms with Crippen LogP contribution in [0.5, 0.6) is 0 Å². The first-order valence-electron chi connectivity index (χ1n) is 33.7. The van der Waals surface area contributed by atoms with E-state index in [4.69, 9.17) is 14.2 Å². The molecule has 0 aromatic rings. The standard InChI is InChI=1S/C73H126O6/c1-4-7-10-13-15-17-19-21-23-25-27-29-31-33-35-36-38-39-41-43-45-47-49-51-53-55-57-60-63-66-72(75)78-69-70(68-77-71(74)65-62-59-12-9-6-3)79-73(76)67-64-61-58-56-54-52-50-48-46-44-42-40-37-34-32-30-28-26-24-22-20-18-16-14-11-8-5-2/h8,11,16,18,22,24-25,27-28,30,34,37,42,44,48,50,70H,4-7,9-10,12-15,17,19-21,23,26,29,31-33,35-36,38-41,43,45-47,49,51-69H2,1-3H3/b11-8-,18-16-,24-22-,27-25-,30-28-,37-34-,44-42-,50-48-. The lowest BCUT2D eigenvalue weighted by molar-refractivity contribution is -0.167. The summed E-state index contributed by atoms with van der Waals surface area (Å²) in [6.45, 7) is 6.45. The van der Waals surface area contributed by atoms with E-state index in [1.54, 1.807) is 0 Å². The molecule has 6 nitrogen and oxygen atoms in total. The fourth-order valence-electron chi connectivity index (χ4n) is 9.54. The Bertz CT molecular complexity index is 1540. The number of ether oxygens (including phenoxy) is 3. The summed E-state index contributed by atoms with van der Waals surface area (Å²) in [5, 5.41) is 0. The summed E-state index contributed by atoms with van der Waals surface area (Å²) in [5.74, 6) is -0.907. The molecule has 0 heterocycles. The number of unbranched alkanes of at least 4 members (excludes halogenated alkanes) is 34. The molecule has 1 atom stereocenters. The van der Waals surface area contributed by atoms with Crippen molar-refractivity contribution < 1.29 is 28.6 Å². The molecule has 0 spiro atoms. The minimum Gasteiger partial charge on any atom is -0.462 e. The first-order chi connectivity index (χ1) is 39.0. The largest absolute Gasteiger partial charge is 0.462 e. The molecule has 0 aromatic carbocycles. The Morgan fingerprint density at radius 2 is 0.494 bits per heavy atom. The minimum absolute atomic E-state index is 0.0836. The van der Waals surface area contributed by atoms with Crippen LogP contribution in [0.1, 0.15) is 329 Å². The van der Waals surface area contributed by atoms with Crippen LogP contribution in [0.4, 0.5) is 0 Å². The van der Waals surface area contributed by atoms with Gasteiger partial charge in [-0.2, -0.15) is 0 Å². The van der Waals surface area contributed by atoms with Gasteiger partial charge in [0.1, 0.15) is 13.2 Å². The number of allylic oxidation sites excluding steroid dienone is 16. The number of carbonyl (C=O) groups excluding carboxylic acids is 3. The number of carbonyl (C=O) groups is 3. The maximum atomic E-state index is 12.8. The average molecular weight is 1100 g/mol. The van der Waals surface area contributed by atoms with Gasteiger partial charge in [-0.25, -0.2) is 0 Å². The summed E-state index contributed by atoms with van der Waals surface area (Å²) in [7, 11) is 0. The summed E-state index contributed by atoms with van der Waals surface area (Å²) in [6, 6.07) is 0. The predicted molar refractivity (Wildman–Crippen MR) is 344 cm³/mol. The van der Waals surface area contributed by atoms with E-state index >= 15 is 0 Å². The highest BCUT2D eigenvalue weighted by Crippen LogP contribution is 2.17. The van der Waals surface area contributed by atoms with Gasteiger partial charge in [0.2, 0.25) is 0 Å². The van der Waals surface area contributed by atoms with E-state index in [1.807, 2.05) is 0 Å². The van der Waals surface area contributed by atoms with E-state index in [2.05, 4.69) is 118 Å². The first kappa shape index (κ1) is 75.3. The fraction of sp³-hybridized carbons (Fsp3) is 0.740. The van der Waals surface area contributed by atoms with Gasteiger partial charge in [0, 0.05) is 19.3 Å². The van der Waals surface area contributed by atoms with Crippen molar-refractivity contribution in [3.8, 4) is 0 Å². The molecule has 454 valence electrons. The molecular formula is C73H126O6. The van der Waals surface area contributed by atoms with Crippen LogP contribution < -0.4 is 0 Å². The lowest BCUT2D eigenvalue weighted by atomic mass is 10.0. The third kappa shape index (κ3) is 65.0. The number of esters is 3. The third-order valence-corrected chi connectivity index (χ3v) is 14.6. The van der Waals surface area contributed by atoms with Crippen molar-refractivity contribution in [2.24, 2.45) is 0 Å². The topological polar surface area (TPSA) is 78.9 Å². The molecule has 0 aromatic heterocycles. The Balaban J connectivity index is 4.05. The molecule has 0 amide bonds. The van der Waals surface area contributed by atoms with Crippen LogP contribution in [0.3, 0.4) is 0 Å². The zero-order chi connectivity index (χ0) is 57.1. The Labute approximate surface area is 489 Å². The molecule has 0 fully saturated rings. The van der Waals surface area contributed by atoms with Crippen molar-refractivity contribution in [3.63, 3.8) is 0 Å². The van der Waals surface area contributed by atoms with Crippen molar-refractivity contribution in [1.29, 1.82) is 0 Å². The Morgan fingerprint density at radius 1 is 0.266 bits per heavy atom. The van der Waals surface area contributed by atoms with Crippen molar-refractivity contribution in [3.05, 3.63) is 97.2 Å². The van der Waals surface area contributed by atoms with Crippen molar-refractivity contribution in [2.45, 2.75) is 335 Å². The number of hydrogen-bond acceptors (Lipinski definition) is 6. The average Bonchev–Trinajstić information content (AvgIpc) is 3.45. The maximum absolute atomic E-state index is 12.8. The van der Waals surface area contributed by atoms with Crippen LogP contribution in [-0.4, -0.2) is 37.2 Å². The van der Waals surface area contributed by atoms with Crippen LogP contribution in [-0.2, 0) is 28.6 Å². The zero-order valence-corrected chi connectivity index (χ0v) is 52.1. The van der Waals surface area contributed by atoms with E-state index < -0.39 is 6.10 Å². The molecule has 79 heavy (non-hydrogen) atoms. The quantitative estimate of drug-likeness (QED) is 0.0261. The van der Waals surface area contributed by atoms with Gasteiger partial charge >= 0.3 is 17.9 Å².